The van der Waals surface area contributed by atoms with Crippen LogP contribution < -0.4 is 11.2 Å². The maximum atomic E-state index is 11.1. The monoisotopic (exact) mass is 158 g/mol. The normalized spacial score (nSPS) is 31.1. The molecule has 0 bridgehead atoms. The molecule has 11 heavy (non-hydrogen) atoms. The van der Waals surface area contributed by atoms with Gasteiger partial charge in [0.15, 0.2) is 0 Å². The lowest BCUT2D eigenvalue weighted by Crippen LogP contribution is -2.49. The highest BCUT2D eigenvalue weighted by molar-refractivity contribution is 5.86. The maximum absolute atomic E-state index is 11.1. The van der Waals surface area contributed by atoms with Gasteiger partial charge in [0.25, 0.3) is 5.91 Å². The molecule has 0 radical (unpaired) electrons. The van der Waals surface area contributed by atoms with Gasteiger partial charge in [0.2, 0.25) is 0 Å². The first-order valence-electron chi connectivity index (χ1n) is 3.76. The van der Waals surface area contributed by atoms with E-state index in [2.05, 4.69) is 5.48 Å². The molecule has 1 saturated heterocycles. The zero-order valence-electron chi connectivity index (χ0n) is 6.89. The van der Waals surface area contributed by atoms with Gasteiger partial charge in [0, 0.05) is 0 Å². The number of hydrogen-bond donors (Lipinski definition) is 2. The van der Waals surface area contributed by atoms with Gasteiger partial charge in [0.05, 0.1) is 0 Å². The van der Waals surface area contributed by atoms with Crippen molar-refractivity contribution in [2.45, 2.75) is 25.8 Å². The highest BCUT2D eigenvalue weighted by Crippen LogP contribution is 2.18. The van der Waals surface area contributed by atoms with Crippen LogP contribution in [0.3, 0.4) is 0 Å². The van der Waals surface area contributed by atoms with Gasteiger partial charge in [-0.25, -0.2) is 5.48 Å². The summed E-state index contributed by atoms with van der Waals surface area (Å²) in [4.78, 5) is 15.8. The van der Waals surface area contributed by atoms with Crippen LogP contribution in [0.25, 0.3) is 0 Å². The average molecular weight is 158 g/mol. The predicted molar refractivity (Wildman–Crippen MR) is 40.5 cm³/mol. The molecule has 64 valence electrons. The predicted octanol–water partition coefficient (Wildman–Crippen LogP) is -0.209. The van der Waals surface area contributed by atoms with Crippen LogP contribution in [0.2, 0.25) is 0 Å². The lowest BCUT2D eigenvalue weighted by Gasteiger charge is -2.19. The Morgan fingerprint density at radius 3 is 2.82 bits per heavy atom. The molecule has 0 aromatic carbocycles. The van der Waals surface area contributed by atoms with Gasteiger partial charge in [-0.15, -0.1) is 0 Å². The Balaban J connectivity index is 2.58. The van der Waals surface area contributed by atoms with Crippen molar-refractivity contribution in [3.8, 4) is 0 Å². The second kappa shape index (κ2) is 2.79. The SMILES string of the molecule is CC(C)CC1(N)CONC1=O. The van der Waals surface area contributed by atoms with E-state index < -0.39 is 5.54 Å². The summed E-state index contributed by atoms with van der Waals surface area (Å²) < 4.78 is 0. The van der Waals surface area contributed by atoms with Gasteiger partial charge >= 0.3 is 0 Å². The number of hydrogen-bond acceptors (Lipinski definition) is 3. The molecule has 1 rings (SSSR count). The van der Waals surface area contributed by atoms with Crippen molar-refractivity contribution in [1.29, 1.82) is 0 Å². The van der Waals surface area contributed by atoms with E-state index >= 15 is 0 Å². The first-order valence-corrected chi connectivity index (χ1v) is 3.76. The molecule has 0 saturated carbocycles. The molecule has 0 aromatic rings. The summed E-state index contributed by atoms with van der Waals surface area (Å²) in [6, 6.07) is 0. The minimum absolute atomic E-state index is 0.203. The van der Waals surface area contributed by atoms with E-state index in [0.717, 1.165) is 0 Å². The highest BCUT2D eigenvalue weighted by Gasteiger charge is 2.40. The standard InChI is InChI=1S/C7H14N2O2/c1-5(2)3-7(8)4-11-9-6(7)10/h5H,3-4,8H2,1-2H3,(H,9,10). The molecule has 1 heterocycles. The Bertz CT molecular complexity index is 170. The third-order valence-corrected chi connectivity index (χ3v) is 1.72. The Hall–Kier alpha value is -0.610. The average Bonchev–Trinajstić information content (AvgIpc) is 2.11. The zero-order valence-corrected chi connectivity index (χ0v) is 6.89. The van der Waals surface area contributed by atoms with Crippen molar-refractivity contribution in [3.63, 3.8) is 0 Å². The topological polar surface area (TPSA) is 64.3 Å². The van der Waals surface area contributed by atoms with Crippen molar-refractivity contribution < 1.29 is 9.63 Å². The minimum Gasteiger partial charge on any atom is -0.315 e. The lowest BCUT2D eigenvalue weighted by atomic mass is 9.91. The van der Waals surface area contributed by atoms with Crippen LogP contribution in [0.15, 0.2) is 0 Å². The quantitative estimate of drug-likeness (QED) is 0.584. The van der Waals surface area contributed by atoms with E-state index in [-0.39, 0.29) is 12.5 Å². The summed E-state index contributed by atoms with van der Waals surface area (Å²) in [6.07, 6.45) is 0.666. The van der Waals surface area contributed by atoms with Crippen molar-refractivity contribution in [2.24, 2.45) is 11.7 Å². The number of nitrogens with one attached hydrogen (secondary N) is 1. The number of carbonyl (C=O) groups excluding carboxylic acids is 1. The minimum atomic E-state index is -0.797. The Labute approximate surface area is 66.0 Å². The smallest absolute Gasteiger partial charge is 0.266 e. The van der Waals surface area contributed by atoms with E-state index in [1.54, 1.807) is 0 Å². The van der Waals surface area contributed by atoms with Crippen LogP contribution in [0.5, 0.6) is 0 Å². The lowest BCUT2D eigenvalue weighted by molar-refractivity contribution is -0.127. The molecule has 4 heteroatoms. The first-order chi connectivity index (χ1) is 5.04. The van der Waals surface area contributed by atoms with Crippen molar-refractivity contribution in [1.82, 2.24) is 5.48 Å². The third kappa shape index (κ3) is 1.70. The molecule has 1 aliphatic heterocycles. The van der Waals surface area contributed by atoms with Crippen LogP contribution in [-0.4, -0.2) is 18.1 Å². The Kier molecular flexibility index (Phi) is 2.15. The molecule has 0 aromatic heterocycles. The van der Waals surface area contributed by atoms with E-state index in [0.29, 0.717) is 12.3 Å². The van der Waals surface area contributed by atoms with Crippen LogP contribution in [0, 0.1) is 5.92 Å². The van der Waals surface area contributed by atoms with E-state index in [1.165, 1.54) is 0 Å². The highest BCUT2D eigenvalue weighted by atomic mass is 16.7. The fourth-order valence-corrected chi connectivity index (χ4v) is 1.28. The molecule has 3 N–H and O–H groups in total. The molecule has 1 aliphatic rings. The van der Waals surface area contributed by atoms with E-state index in [4.69, 9.17) is 10.6 Å². The first kappa shape index (κ1) is 8.49. The van der Waals surface area contributed by atoms with Gasteiger partial charge in [-0.3, -0.25) is 9.63 Å². The molecule has 0 spiro atoms. The van der Waals surface area contributed by atoms with E-state index in [9.17, 15) is 4.79 Å². The van der Waals surface area contributed by atoms with Crippen molar-refractivity contribution in [3.05, 3.63) is 0 Å². The number of nitrogens with two attached hydrogens (primary N) is 1. The van der Waals surface area contributed by atoms with Gasteiger partial charge < -0.3 is 5.73 Å². The Morgan fingerprint density at radius 1 is 1.82 bits per heavy atom. The van der Waals surface area contributed by atoms with Crippen molar-refractivity contribution in [2.75, 3.05) is 6.61 Å². The van der Waals surface area contributed by atoms with Crippen LogP contribution in [0.4, 0.5) is 0 Å². The summed E-state index contributed by atoms with van der Waals surface area (Å²) in [5.41, 5.74) is 7.22. The summed E-state index contributed by atoms with van der Waals surface area (Å²) in [5, 5.41) is 0. The van der Waals surface area contributed by atoms with Crippen LogP contribution in [-0.2, 0) is 9.63 Å². The molecule has 0 aliphatic carbocycles. The number of rotatable bonds is 2. The number of amides is 1. The fourth-order valence-electron chi connectivity index (χ4n) is 1.28. The number of carbonyl (C=O) groups is 1. The molecule has 1 unspecified atom stereocenters. The molecule has 4 nitrogen and oxygen atoms in total. The van der Waals surface area contributed by atoms with Gasteiger partial charge in [0.1, 0.15) is 12.1 Å². The van der Waals surface area contributed by atoms with Gasteiger partial charge in [-0.05, 0) is 12.3 Å². The second-order valence-corrected chi connectivity index (χ2v) is 3.47. The van der Waals surface area contributed by atoms with Gasteiger partial charge in [-0.2, -0.15) is 0 Å². The largest absolute Gasteiger partial charge is 0.315 e. The summed E-state index contributed by atoms with van der Waals surface area (Å²) >= 11 is 0. The maximum Gasteiger partial charge on any atom is 0.266 e. The van der Waals surface area contributed by atoms with Crippen molar-refractivity contribution >= 4 is 5.91 Å². The van der Waals surface area contributed by atoms with E-state index in [1.807, 2.05) is 13.8 Å². The molecule has 1 atom stereocenters. The molecule has 1 fully saturated rings. The molecular formula is C7H14N2O2. The van der Waals surface area contributed by atoms with Crippen LogP contribution in [0.1, 0.15) is 20.3 Å². The second-order valence-electron chi connectivity index (χ2n) is 3.47. The molecular weight excluding hydrogens is 144 g/mol. The summed E-state index contributed by atoms with van der Waals surface area (Å²) in [6.45, 7) is 4.34. The van der Waals surface area contributed by atoms with Gasteiger partial charge in [-0.1, -0.05) is 13.8 Å². The Morgan fingerprint density at radius 2 is 2.45 bits per heavy atom. The number of hydroxylamine groups is 1. The zero-order chi connectivity index (χ0) is 8.48. The summed E-state index contributed by atoms with van der Waals surface area (Å²) in [7, 11) is 0. The fraction of sp³-hybridized carbons (Fsp3) is 0.857. The third-order valence-electron chi connectivity index (χ3n) is 1.72. The molecule has 1 amide bonds. The van der Waals surface area contributed by atoms with Crippen LogP contribution >= 0.6 is 0 Å². The summed E-state index contributed by atoms with van der Waals surface area (Å²) in [5.74, 6) is 0.207.